The van der Waals surface area contributed by atoms with E-state index in [-0.39, 0.29) is 11.2 Å². The fourth-order valence-electron chi connectivity index (χ4n) is 2.59. The highest BCUT2D eigenvalue weighted by molar-refractivity contribution is 7.98. The van der Waals surface area contributed by atoms with Gasteiger partial charge in [-0.05, 0) is 23.7 Å². The molecule has 0 aliphatic carbocycles. The average Bonchev–Trinajstić information content (AvgIpc) is 2.51. The second kappa shape index (κ2) is 8.20. The molecule has 1 N–H and O–H groups in total. The van der Waals surface area contributed by atoms with Gasteiger partial charge >= 0.3 is 5.69 Å². The highest BCUT2D eigenvalue weighted by atomic mass is 32.2. The van der Waals surface area contributed by atoms with Crippen molar-refractivity contribution < 1.29 is 0 Å². The van der Waals surface area contributed by atoms with Crippen molar-refractivity contribution in [2.75, 3.05) is 5.75 Å². The number of H-pyrrole nitrogens is 1. The lowest BCUT2D eigenvalue weighted by atomic mass is 9.98. The number of aromatic amines is 1. The molecular formula is C18H24N2O2S. The van der Waals surface area contributed by atoms with E-state index in [0.29, 0.717) is 24.6 Å². The van der Waals surface area contributed by atoms with Crippen molar-refractivity contribution in [3.63, 3.8) is 0 Å². The third-order valence-corrected chi connectivity index (χ3v) is 4.51. The molecule has 4 nitrogen and oxygen atoms in total. The Morgan fingerprint density at radius 3 is 2.48 bits per heavy atom. The van der Waals surface area contributed by atoms with Crippen LogP contribution in [0.15, 0.2) is 39.9 Å². The average molecular weight is 332 g/mol. The molecular weight excluding hydrogens is 308 g/mol. The minimum Gasteiger partial charge on any atom is -0.287 e. The van der Waals surface area contributed by atoms with E-state index in [1.165, 1.54) is 0 Å². The molecule has 0 saturated heterocycles. The fraction of sp³-hybridized carbons (Fsp3) is 0.444. The first-order valence-electron chi connectivity index (χ1n) is 7.99. The Bertz CT molecular complexity index is 748. The molecule has 0 aliphatic rings. The van der Waals surface area contributed by atoms with Crippen molar-refractivity contribution in [2.45, 2.75) is 39.5 Å². The van der Waals surface area contributed by atoms with E-state index in [2.05, 4.69) is 25.8 Å². The Balaban J connectivity index is 2.56. The minimum absolute atomic E-state index is 0.243. The summed E-state index contributed by atoms with van der Waals surface area (Å²) in [6.45, 7) is 6.23. The monoisotopic (exact) mass is 332 g/mol. The molecule has 2 rings (SSSR count). The number of rotatable bonds is 7. The first kappa shape index (κ1) is 17.6. The third kappa shape index (κ3) is 4.61. The topological polar surface area (TPSA) is 54.9 Å². The fourth-order valence-corrected chi connectivity index (χ4v) is 3.22. The van der Waals surface area contributed by atoms with Crippen molar-refractivity contribution in [3.05, 3.63) is 68.0 Å². The molecule has 0 fully saturated rings. The predicted octanol–water partition coefficient (Wildman–Crippen LogP) is 3.04. The minimum atomic E-state index is -0.311. The molecule has 0 atom stereocenters. The van der Waals surface area contributed by atoms with Gasteiger partial charge in [0.05, 0.1) is 5.88 Å². The molecule has 1 aromatic carbocycles. The lowest BCUT2D eigenvalue weighted by Crippen LogP contribution is -2.35. The van der Waals surface area contributed by atoms with E-state index in [1.54, 1.807) is 16.3 Å². The zero-order valence-corrected chi connectivity index (χ0v) is 14.8. The van der Waals surface area contributed by atoms with Crippen LogP contribution in [0.3, 0.4) is 0 Å². The zero-order chi connectivity index (χ0) is 16.8. The van der Waals surface area contributed by atoms with Crippen LogP contribution in [0.4, 0.5) is 0 Å². The number of nitrogens with zero attached hydrogens (tertiary/aromatic N) is 1. The molecule has 5 heteroatoms. The van der Waals surface area contributed by atoms with Crippen LogP contribution >= 0.6 is 11.8 Å². The van der Waals surface area contributed by atoms with Gasteiger partial charge in [0.1, 0.15) is 0 Å². The Labute approximate surface area is 141 Å². The molecule has 23 heavy (non-hydrogen) atoms. The van der Waals surface area contributed by atoms with Gasteiger partial charge < -0.3 is 0 Å². The van der Waals surface area contributed by atoms with E-state index < -0.39 is 0 Å². The van der Waals surface area contributed by atoms with Crippen LogP contribution in [0.2, 0.25) is 0 Å². The maximum absolute atomic E-state index is 12.3. The first-order valence-corrected chi connectivity index (χ1v) is 9.15. The Hall–Kier alpha value is -1.75. The number of benzene rings is 1. The van der Waals surface area contributed by atoms with Crippen LogP contribution in [-0.2, 0) is 18.7 Å². The standard InChI is InChI=1S/C18H24N2O2S/c1-4-23-12-20-16(11-14-8-6-5-7-9-14)15(10-13(2)3)17(21)19-18(20)22/h5-9,13H,4,10-12H2,1-3H3,(H,19,21,22). The summed E-state index contributed by atoms with van der Waals surface area (Å²) in [7, 11) is 0. The van der Waals surface area contributed by atoms with Crippen molar-refractivity contribution in [3.8, 4) is 0 Å². The maximum atomic E-state index is 12.3. The van der Waals surface area contributed by atoms with Crippen molar-refractivity contribution in [1.29, 1.82) is 0 Å². The van der Waals surface area contributed by atoms with E-state index in [4.69, 9.17) is 0 Å². The number of thioether (sulfide) groups is 1. The van der Waals surface area contributed by atoms with Gasteiger partial charge in [-0.2, -0.15) is 0 Å². The Kier molecular flexibility index (Phi) is 6.28. The quantitative estimate of drug-likeness (QED) is 0.848. The SMILES string of the molecule is CCSCn1c(Cc2ccccc2)c(CC(C)C)c(=O)[nH]c1=O. The molecule has 0 spiro atoms. The highest BCUT2D eigenvalue weighted by Gasteiger charge is 2.16. The first-order chi connectivity index (χ1) is 11.0. The smallest absolute Gasteiger partial charge is 0.287 e. The van der Waals surface area contributed by atoms with Crippen LogP contribution in [0, 0.1) is 5.92 Å². The van der Waals surface area contributed by atoms with Crippen molar-refractivity contribution in [2.24, 2.45) is 5.92 Å². The van der Waals surface area contributed by atoms with E-state index >= 15 is 0 Å². The second-order valence-corrected chi connectivity index (χ2v) is 7.24. The van der Waals surface area contributed by atoms with E-state index in [1.807, 2.05) is 30.3 Å². The van der Waals surface area contributed by atoms with Crippen LogP contribution in [0.25, 0.3) is 0 Å². The summed E-state index contributed by atoms with van der Waals surface area (Å²) in [4.78, 5) is 27.1. The summed E-state index contributed by atoms with van der Waals surface area (Å²) in [6, 6.07) is 9.99. The predicted molar refractivity (Wildman–Crippen MR) is 97.2 cm³/mol. The molecule has 0 aliphatic heterocycles. The van der Waals surface area contributed by atoms with Gasteiger partial charge in [0.2, 0.25) is 0 Å². The van der Waals surface area contributed by atoms with E-state index in [0.717, 1.165) is 22.6 Å². The van der Waals surface area contributed by atoms with Gasteiger partial charge in [-0.3, -0.25) is 14.3 Å². The summed E-state index contributed by atoms with van der Waals surface area (Å²) in [5.74, 6) is 1.85. The second-order valence-electron chi connectivity index (χ2n) is 5.99. The lowest BCUT2D eigenvalue weighted by molar-refractivity contribution is 0.615. The lowest BCUT2D eigenvalue weighted by Gasteiger charge is -2.17. The van der Waals surface area contributed by atoms with Crippen LogP contribution in [0.5, 0.6) is 0 Å². The largest absolute Gasteiger partial charge is 0.329 e. The van der Waals surface area contributed by atoms with Crippen LogP contribution in [-0.4, -0.2) is 15.3 Å². The number of hydrogen-bond acceptors (Lipinski definition) is 3. The van der Waals surface area contributed by atoms with Crippen LogP contribution < -0.4 is 11.2 Å². The van der Waals surface area contributed by atoms with Crippen molar-refractivity contribution >= 4 is 11.8 Å². The molecule has 0 bridgehead atoms. The number of aromatic nitrogens is 2. The van der Waals surface area contributed by atoms with Gasteiger partial charge in [-0.25, -0.2) is 4.79 Å². The Morgan fingerprint density at radius 1 is 1.17 bits per heavy atom. The molecule has 1 heterocycles. The zero-order valence-electron chi connectivity index (χ0n) is 14.0. The highest BCUT2D eigenvalue weighted by Crippen LogP contribution is 2.16. The van der Waals surface area contributed by atoms with Crippen molar-refractivity contribution in [1.82, 2.24) is 9.55 Å². The molecule has 0 radical (unpaired) electrons. The third-order valence-electron chi connectivity index (χ3n) is 3.67. The van der Waals surface area contributed by atoms with Gasteiger partial charge in [0.25, 0.3) is 5.56 Å². The summed E-state index contributed by atoms with van der Waals surface area (Å²) >= 11 is 1.67. The van der Waals surface area contributed by atoms with Gasteiger partial charge in [-0.1, -0.05) is 51.1 Å². The summed E-state index contributed by atoms with van der Waals surface area (Å²) in [5, 5.41) is 0. The van der Waals surface area contributed by atoms with Gasteiger partial charge in [-0.15, -0.1) is 11.8 Å². The number of hydrogen-bond donors (Lipinski definition) is 1. The molecule has 1 aromatic heterocycles. The molecule has 0 unspecified atom stereocenters. The number of nitrogens with one attached hydrogen (secondary N) is 1. The Morgan fingerprint density at radius 2 is 1.87 bits per heavy atom. The molecule has 2 aromatic rings. The summed E-state index contributed by atoms with van der Waals surface area (Å²) in [6.07, 6.45) is 1.28. The molecule has 0 amide bonds. The maximum Gasteiger partial charge on any atom is 0.329 e. The van der Waals surface area contributed by atoms with Gasteiger partial charge in [0, 0.05) is 17.7 Å². The summed E-state index contributed by atoms with van der Waals surface area (Å²) in [5.41, 5.74) is 2.14. The normalized spacial score (nSPS) is 11.1. The molecule has 124 valence electrons. The van der Waals surface area contributed by atoms with Gasteiger partial charge in [0.15, 0.2) is 0 Å². The molecule has 0 saturated carbocycles. The van der Waals surface area contributed by atoms with Crippen LogP contribution in [0.1, 0.15) is 37.6 Å². The van der Waals surface area contributed by atoms with E-state index in [9.17, 15) is 9.59 Å². The summed E-state index contributed by atoms with van der Waals surface area (Å²) < 4.78 is 1.72.